The number of anilines is 1. The summed E-state index contributed by atoms with van der Waals surface area (Å²) in [6.45, 7) is 0.506. The number of aliphatic hydroxyl groups excluding tert-OH is 2. The lowest BCUT2D eigenvalue weighted by Gasteiger charge is -2.18. The van der Waals surface area contributed by atoms with Gasteiger partial charge in [0.25, 0.3) is 5.91 Å². The summed E-state index contributed by atoms with van der Waals surface area (Å²) < 4.78 is 0. The van der Waals surface area contributed by atoms with Crippen molar-refractivity contribution < 1.29 is 24.6 Å². The van der Waals surface area contributed by atoms with Gasteiger partial charge < -0.3 is 15.1 Å². The second kappa shape index (κ2) is 7.18. The molecule has 0 radical (unpaired) electrons. The van der Waals surface area contributed by atoms with Crippen molar-refractivity contribution in [3.8, 4) is 0 Å². The number of hydrogen-bond donors (Lipinski definition) is 3. The highest BCUT2D eigenvalue weighted by Crippen LogP contribution is 2.68. The third kappa shape index (κ3) is 3.02. The summed E-state index contributed by atoms with van der Waals surface area (Å²) in [5.74, 6) is -0.645. The van der Waals surface area contributed by atoms with Crippen molar-refractivity contribution in [2.24, 2.45) is 11.3 Å². The number of carbonyl (C=O) groups is 3. The van der Waals surface area contributed by atoms with Gasteiger partial charge >= 0.3 is 6.03 Å². The molecular formula is C23H23N3O5. The molecule has 1 saturated carbocycles. The average Bonchev–Trinajstić information content (AvgIpc) is 3.13. The summed E-state index contributed by atoms with van der Waals surface area (Å²) in [6, 6.07) is 15.8. The van der Waals surface area contributed by atoms with Crippen LogP contribution in [-0.4, -0.2) is 65.3 Å². The van der Waals surface area contributed by atoms with Gasteiger partial charge in [-0.15, -0.1) is 0 Å². The lowest BCUT2D eigenvalue weighted by atomic mass is 9.95. The Balaban J connectivity index is 1.33. The van der Waals surface area contributed by atoms with Crippen LogP contribution in [-0.2, 0) is 4.79 Å². The van der Waals surface area contributed by atoms with Crippen molar-refractivity contribution >= 4 is 23.5 Å². The summed E-state index contributed by atoms with van der Waals surface area (Å²) in [6.07, 6.45) is -0.711. The smallest absolute Gasteiger partial charge is 0.329 e. The number of nitrogens with zero attached hydrogens (tertiary/aromatic N) is 2. The van der Waals surface area contributed by atoms with Crippen LogP contribution in [0.15, 0.2) is 54.6 Å². The number of hydrogen-bond acceptors (Lipinski definition) is 5. The van der Waals surface area contributed by atoms with E-state index in [1.807, 2.05) is 30.3 Å². The number of likely N-dealkylation sites (tertiary alicyclic amines) is 1. The highest BCUT2D eigenvalue weighted by atomic mass is 16.3. The van der Waals surface area contributed by atoms with E-state index in [1.54, 1.807) is 29.2 Å². The molecule has 1 spiro atoms. The number of urea groups is 1. The van der Waals surface area contributed by atoms with E-state index in [4.69, 9.17) is 0 Å². The zero-order chi connectivity index (χ0) is 21.8. The molecule has 0 aromatic heterocycles. The fraction of sp³-hybridized carbons (Fsp3) is 0.348. The molecule has 3 fully saturated rings. The van der Waals surface area contributed by atoms with E-state index in [9.17, 15) is 24.6 Å². The predicted molar refractivity (Wildman–Crippen MR) is 111 cm³/mol. The Morgan fingerprint density at radius 3 is 2.42 bits per heavy atom. The van der Waals surface area contributed by atoms with E-state index in [2.05, 4.69) is 5.32 Å². The molecule has 1 aliphatic carbocycles. The Hall–Kier alpha value is -3.23. The van der Waals surface area contributed by atoms with Gasteiger partial charge in [0.2, 0.25) is 5.91 Å². The lowest BCUT2D eigenvalue weighted by Crippen LogP contribution is -2.30. The van der Waals surface area contributed by atoms with Crippen molar-refractivity contribution in [2.75, 3.05) is 31.1 Å². The van der Waals surface area contributed by atoms with Crippen molar-refractivity contribution in [3.63, 3.8) is 0 Å². The Bertz CT molecular complexity index is 1040. The van der Waals surface area contributed by atoms with Crippen molar-refractivity contribution in [1.29, 1.82) is 0 Å². The number of aliphatic hydroxyl groups is 2. The van der Waals surface area contributed by atoms with Gasteiger partial charge in [0.1, 0.15) is 6.54 Å². The Kier molecular flexibility index (Phi) is 4.56. The maximum Gasteiger partial charge on any atom is 0.329 e. The fourth-order valence-corrected chi connectivity index (χ4v) is 5.34. The molecule has 5 rings (SSSR count). The van der Waals surface area contributed by atoms with Crippen molar-refractivity contribution in [1.82, 2.24) is 10.2 Å². The SMILES string of the molecule is O=C1CN(c2ccc(C(=O)N3C[C@@H](O)[C@@]4(C3)[C@H](CO)[C@H]4c3ccccc3)cc2)C(=O)N1. The largest absolute Gasteiger partial charge is 0.396 e. The standard InChI is InChI=1S/C23H23N3O5/c27-12-17-20(14-4-2-1-3-5-14)23(17)13-25(10-18(23)28)21(30)15-6-8-16(9-7-15)26-11-19(29)24-22(26)31/h1-9,17-18,20,27-28H,10-13H2,(H,24,29,31)/t17-,18-,20-,23-/m1/s1. The van der Waals surface area contributed by atoms with Gasteiger partial charge in [0.15, 0.2) is 0 Å². The number of carbonyl (C=O) groups excluding carboxylic acids is 3. The van der Waals surface area contributed by atoms with Crippen LogP contribution in [0.4, 0.5) is 10.5 Å². The normalized spacial score (nSPS) is 29.5. The van der Waals surface area contributed by atoms with Crippen LogP contribution in [0, 0.1) is 11.3 Å². The first-order chi connectivity index (χ1) is 15.0. The summed E-state index contributed by atoms with van der Waals surface area (Å²) in [4.78, 5) is 39.2. The molecule has 3 N–H and O–H groups in total. The number of amides is 4. The summed E-state index contributed by atoms with van der Waals surface area (Å²) in [5.41, 5.74) is 1.51. The fourth-order valence-electron chi connectivity index (χ4n) is 5.34. The third-order valence-electron chi connectivity index (χ3n) is 6.90. The van der Waals surface area contributed by atoms with Crippen LogP contribution in [0.3, 0.4) is 0 Å². The molecule has 2 aromatic rings. The maximum atomic E-state index is 13.1. The van der Waals surface area contributed by atoms with Gasteiger partial charge in [-0.3, -0.25) is 19.8 Å². The van der Waals surface area contributed by atoms with E-state index < -0.39 is 17.6 Å². The zero-order valence-corrected chi connectivity index (χ0v) is 16.8. The van der Waals surface area contributed by atoms with Gasteiger partial charge in [-0.25, -0.2) is 4.79 Å². The zero-order valence-electron chi connectivity index (χ0n) is 16.8. The lowest BCUT2D eigenvalue weighted by molar-refractivity contribution is -0.117. The van der Waals surface area contributed by atoms with Crippen molar-refractivity contribution in [2.45, 2.75) is 12.0 Å². The van der Waals surface area contributed by atoms with Crippen molar-refractivity contribution in [3.05, 3.63) is 65.7 Å². The van der Waals surface area contributed by atoms with Crippen LogP contribution in [0.5, 0.6) is 0 Å². The Morgan fingerprint density at radius 2 is 1.81 bits per heavy atom. The Labute approximate surface area is 179 Å². The number of benzene rings is 2. The topological polar surface area (TPSA) is 110 Å². The molecule has 0 unspecified atom stereocenters. The molecule has 2 aliphatic heterocycles. The molecule has 160 valence electrons. The first kappa shape index (κ1) is 19.7. The van der Waals surface area contributed by atoms with E-state index in [0.717, 1.165) is 5.56 Å². The van der Waals surface area contributed by atoms with Crippen LogP contribution in [0.2, 0.25) is 0 Å². The molecule has 8 nitrogen and oxygen atoms in total. The van der Waals surface area contributed by atoms with Gasteiger partial charge in [0, 0.05) is 36.4 Å². The van der Waals surface area contributed by atoms with E-state index in [-0.39, 0.29) is 43.3 Å². The predicted octanol–water partition coefficient (Wildman–Crippen LogP) is 0.952. The molecule has 8 heteroatoms. The minimum absolute atomic E-state index is 0.0140. The van der Waals surface area contributed by atoms with E-state index in [1.165, 1.54) is 4.90 Å². The van der Waals surface area contributed by atoms with Crippen LogP contribution in [0.25, 0.3) is 0 Å². The quantitative estimate of drug-likeness (QED) is 0.637. The van der Waals surface area contributed by atoms with E-state index in [0.29, 0.717) is 17.8 Å². The minimum Gasteiger partial charge on any atom is -0.396 e. The first-order valence-electron chi connectivity index (χ1n) is 10.3. The third-order valence-corrected chi connectivity index (χ3v) is 6.90. The number of nitrogens with one attached hydrogen (secondary N) is 1. The van der Waals surface area contributed by atoms with E-state index >= 15 is 0 Å². The molecule has 2 heterocycles. The van der Waals surface area contributed by atoms with Gasteiger partial charge in [0.05, 0.1) is 6.10 Å². The molecule has 0 bridgehead atoms. The molecule has 2 saturated heterocycles. The number of rotatable bonds is 4. The first-order valence-corrected chi connectivity index (χ1v) is 10.3. The number of β-amino-alcohol motifs (C(OH)–C–C–N with tert-alkyl or cyclic N) is 1. The van der Waals surface area contributed by atoms with Crippen LogP contribution >= 0.6 is 0 Å². The van der Waals surface area contributed by atoms with Gasteiger partial charge in [-0.05, 0) is 41.7 Å². The second-order valence-electron chi connectivity index (χ2n) is 8.48. The molecule has 4 atom stereocenters. The average molecular weight is 421 g/mol. The highest BCUT2D eigenvalue weighted by Gasteiger charge is 2.71. The monoisotopic (exact) mass is 421 g/mol. The maximum absolute atomic E-state index is 13.1. The molecule has 2 aromatic carbocycles. The molecule has 3 aliphatic rings. The minimum atomic E-state index is -0.711. The summed E-state index contributed by atoms with van der Waals surface area (Å²) in [7, 11) is 0. The number of imide groups is 1. The molecular weight excluding hydrogens is 398 g/mol. The molecule has 4 amide bonds. The molecule has 31 heavy (non-hydrogen) atoms. The highest BCUT2D eigenvalue weighted by molar-refractivity contribution is 6.12. The summed E-state index contributed by atoms with van der Waals surface area (Å²) >= 11 is 0. The van der Waals surface area contributed by atoms with Crippen LogP contribution < -0.4 is 10.2 Å². The van der Waals surface area contributed by atoms with Crippen LogP contribution in [0.1, 0.15) is 21.8 Å². The summed E-state index contributed by atoms with van der Waals surface area (Å²) in [5, 5.41) is 23.0. The Morgan fingerprint density at radius 1 is 1.10 bits per heavy atom. The second-order valence-corrected chi connectivity index (χ2v) is 8.48. The van der Waals surface area contributed by atoms with Gasteiger partial charge in [-0.1, -0.05) is 30.3 Å². The van der Waals surface area contributed by atoms with Gasteiger partial charge in [-0.2, -0.15) is 0 Å².